The summed E-state index contributed by atoms with van der Waals surface area (Å²) in [5, 5.41) is 7.13. The second-order valence-corrected chi connectivity index (χ2v) is 3.99. The molecule has 0 saturated carbocycles. The van der Waals surface area contributed by atoms with E-state index in [0.29, 0.717) is 16.3 Å². The van der Waals surface area contributed by atoms with Crippen LogP contribution in [0.4, 0.5) is 0 Å². The van der Waals surface area contributed by atoms with E-state index in [4.69, 9.17) is 33.0 Å². The van der Waals surface area contributed by atoms with Crippen LogP contribution in [-0.2, 0) is 9.53 Å². The van der Waals surface area contributed by atoms with Gasteiger partial charge in [-0.1, -0.05) is 11.6 Å². The largest absolute Gasteiger partial charge is 0.475 e. The second-order valence-electron chi connectivity index (χ2n) is 3.06. The van der Waals surface area contributed by atoms with Crippen molar-refractivity contribution in [2.45, 2.75) is 12.2 Å². The molecule has 0 saturated heterocycles. The molecule has 4 nitrogen and oxygen atoms in total. The number of benzene rings is 1. The maximum absolute atomic E-state index is 10.8. The summed E-state index contributed by atoms with van der Waals surface area (Å²) in [7, 11) is 1.15. The van der Waals surface area contributed by atoms with Crippen molar-refractivity contribution in [2.24, 2.45) is 0 Å². The molecule has 0 spiro atoms. The van der Waals surface area contributed by atoms with E-state index in [-0.39, 0.29) is 0 Å². The van der Waals surface area contributed by atoms with Crippen molar-refractivity contribution < 1.29 is 19.4 Å². The zero-order valence-corrected chi connectivity index (χ0v) is 10.2. The molecular weight excluding hydrogens is 255 g/mol. The molecule has 1 N–H and O–H groups in total. The highest BCUT2D eigenvalue weighted by molar-refractivity contribution is 6.31. The fraction of sp³-hybridized carbons (Fsp3) is 0.300. The fourth-order valence-electron chi connectivity index (χ4n) is 1.04. The van der Waals surface area contributed by atoms with Crippen LogP contribution in [0.2, 0.25) is 5.02 Å². The van der Waals surface area contributed by atoms with Crippen LogP contribution in [0.15, 0.2) is 18.2 Å². The summed E-state index contributed by atoms with van der Waals surface area (Å²) >= 11 is 11.4. The molecule has 88 valence electrons. The summed E-state index contributed by atoms with van der Waals surface area (Å²) in [5.41, 5.74) is 0.663. The first-order chi connectivity index (χ1) is 7.39. The Kier molecular flexibility index (Phi) is 4.02. The van der Waals surface area contributed by atoms with Crippen molar-refractivity contribution in [1.29, 1.82) is 0 Å². The minimum atomic E-state index is -2.22. The molecule has 0 fully saturated rings. The van der Waals surface area contributed by atoms with Crippen molar-refractivity contribution >= 4 is 29.2 Å². The third kappa shape index (κ3) is 2.78. The van der Waals surface area contributed by atoms with Gasteiger partial charge in [0, 0.05) is 12.1 Å². The van der Waals surface area contributed by atoms with E-state index in [1.165, 1.54) is 6.07 Å². The highest BCUT2D eigenvalue weighted by Crippen LogP contribution is 2.28. The minimum absolute atomic E-state index is 0.295. The maximum atomic E-state index is 10.8. The van der Waals surface area contributed by atoms with Gasteiger partial charge in [0.1, 0.15) is 5.75 Å². The molecule has 1 atom stereocenters. The molecule has 0 heterocycles. The van der Waals surface area contributed by atoms with E-state index in [2.05, 4.69) is 4.74 Å². The van der Waals surface area contributed by atoms with Crippen LogP contribution in [0.5, 0.6) is 5.75 Å². The number of rotatable bonds is 4. The number of carbonyl (C=O) groups is 1. The number of alkyl halides is 1. The Morgan fingerprint density at radius 1 is 1.50 bits per heavy atom. The zero-order chi connectivity index (χ0) is 12.3. The van der Waals surface area contributed by atoms with Gasteiger partial charge in [-0.05, 0) is 42.3 Å². The Labute approximate surface area is 103 Å². The molecule has 1 aromatic carbocycles. The molecule has 1 aromatic rings. The second kappa shape index (κ2) is 4.91. The first kappa shape index (κ1) is 13.1. The molecular formula is C10H10Cl2O4. The van der Waals surface area contributed by atoms with Gasteiger partial charge in [-0.3, -0.25) is 0 Å². The van der Waals surface area contributed by atoms with Crippen LogP contribution in [-0.4, -0.2) is 23.4 Å². The number of carboxylic acid groups (broad SMARTS) is 1. The standard InChI is InChI=1S/C10H10Cl2O4/c1-6-5-7(11)3-4-8(6)16-10(12,15-2)9(13)14/h3-5H,1-2H3,(H,13,14). The quantitative estimate of drug-likeness (QED) is 0.671. The van der Waals surface area contributed by atoms with Crippen molar-refractivity contribution in [1.82, 2.24) is 0 Å². The number of hydrogen-bond acceptors (Lipinski definition) is 3. The van der Waals surface area contributed by atoms with Crippen molar-refractivity contribution in [3.63, 3.8) is 0 Å². The Hall–Kier alpha value is -0.970. The van der Waals surface area contributed by atoms with Crippen LogP contribution < -0.4 is 4.74 Å². The van der Waals surface area contributed by atoms with Crippen LogP contribution in [0.25, 0.3) is 0 Å². The van der Waals surface area contributed by atoms with Crippen LogP contribution in [0, 0.1) is 6.92 Å². The van der Waals surface area contributed by atoms with Crippen LogP contribution in [0.3, 0.4) is 0 Å². The van der Waals surface area contributed by atoms with E-state index in [1.54, 1.807) is 19.1 Å². The normalized spacial score (nSPS) is 14.2. The Morgan fingerprint density at radius 2 is 2.12 bits per heavy atom. The van der Waals surface area contributed by atoms with E-state index in [0.717, 1.165) is 7.11 Å². The lowest BCUT2D eigenvalue weighted by Gasteiger charge is -2.22. The lowest BCUT2D eigenvalue weighted by atomic mass is 10.2. The average molecular weight is 265 g/mol. The summed E-state index contributed by atoms with van der Waals surface area (Å²) < 4.78 is 9.68. The van der Waals surface area contributed by atoms with Crippen LogP contribution in [0.1, 0.15) is 5.56 Å². The Balaban J connectivity index is 2.99. The minimum Gasteiger partial charge on any atom is -0.475 e. The number of methoxy groups -OCH3 is 1. The summed E-state index contributed by atoms with van der Waals surface area (Å²) in [6, 6.07) is 4.72. The van der Waals surface area contributed by atoms with Gasteiger partial charge in [-0.2, -0.15) is 0 Å². The number of ether oxygens (including phenoxy) is 2. The third-order valence-corrected chi connectivity index (χ3v) is 2.52. The van der Waals surface area contributed by atoms with E-state index in [1.807, 2.05) is 0 Å². The molecule has 0 bridgehead atoms. The summed E-state index contributed by atoms with van der Waals surface area (Å²) in [4.78, 5) is 10.8. The molecule has 0 aliphatic rings. The molecule has 0 aliphatic heterocycles. The maximum Gasteiger partial charge on any atom is 0.395 e. The molecule has 1 rings (SSSR count). The van der Waals surface area contributed by atoms with Gasteiger partial charge >= 0.3 is 11.2 Å². The van der Waals surface area contributed by atoms with Gasteiger partial charge in [0.05, 0.1) is 0 Å². The van der Waals surface area contributed by atoms with Gasteiger partial charge in [-0.25, -0.2) is 4.79 Å². The van der Waals surface area contributed by atoms with E-state index in [9.17, 15) is 4.79 Å². The first-order valence-electron chi connectivity index (χ1n) is 4.31. The highest BCUT2D eigenvalue weighted by atomic mass is 35.5. The van der Waals surface area contributed by atoms with E-state index >= 15 is 0 Å². The zero-order valence-electron chi connectivity index (χ0n) is 8.66. The topological polar surface area (TPSA) is 55.8 Å². The third-order valence-electron chi connectivity index (χ3n) is 1.90. The first-order valence-corrected chi connectivity index (χ1v) is 5.07. The number of aryl methyl sites for hydroxylation is 1. The number of hydrogen-bond donors (Lipinski definition) is 1. The number of halogens is 2. The lowest BCUT2D eigenvalue weighted by Crippen LogP contribution is -2.40. The van der Waals surface area contributed by atoms with Gasteiger partial charge in [0.2, 0.25) is 0 Å². The monoisotopic (exact) mass is 264 g/mol. The molecule has 0 amide bonds. The molecule has 0 aromatic heterocycles. The average Bonchev–Trinajstić information content (AvgIpc) is 2.22. The molecule has 6 heteroatoms. The van der Waals surface area contributed by atoms with Gasteiger partial charge < -0.3 is 14.6 Å². The highest BCUT2D eigenvalue weighted by Gasteiger charge is 2.40. The fourth-order valence-corrected chi connectivity index (χ4v) is 1.35. The predicted octanol–water partition coefficient (Wildman–Crippen LogP) is 2.65. The summed E-state index contributed by atoms with van der Waals surface area (Å²) in [6.07, 6.45) is 0. The van der Waals surface area contributed by atoms with E-state index < -0.39 is 11.2 Å². The van der Waals surface area contributed by atoms with Crippen LogP contribution >= 0.6 is 23.2 Å². The Morgan fingerprint density at radius 3 is 2.56 bits per heavy atom. The number of aliphatic carboxylic acids is 1. The molecule has 0 aliphatic carbocycles. The molecule has 0 radical (unpaired) electrons. The SMILES string of the molecule is COC(Cl)(Oc1ccc(Cl)cc1C)C(=O)O. The van der Waals surface area contributed by atoms with Gasteiger partial charge in [0.25, 0.3) is 0 Å². The smallest absolute Gasteiger partial charge is 0.395 e. The summed E-state index contributed by atoms with van der Waals surface area (Å²) in [5.74, 6) is -1.13. The Bertz CT molecular complexity index is 408. The molecule has 1 unspecified atom stereocenters. The van der Waals surface area contributed by atoms with Crippen molar-refractivity contribution in [3.05, 3.63) is 28.8 Å². The molecule has 16 heavy (non-hydrogen) atoms. The predicted molar refractivity (Wildman–Crippen MR) is 60.0 cm³/mol. The van der Waals surface area contributed by atoms with Gasteiger partial charge in [0.15, 0.2) is 0 Å². The number of carboxylic acids is 1. The van der Waals surface area contributed by atoms with Gasteiger partial charge in [-0.15, -0.1) is 0 Å². The van der Waals surface area contributed by atoms with Crippen molar-refractivity contribution in [3.8, 4) is 5.75 Å². The lowest BCUT2D eigenvalue weighted by molar-refractivity contribution is -0.177. The summed E-state index contributed by atoms with van der Waals surface area (Å²) in [6.45, 7) is 1.72. The van der Waals surface area contributed by atoms with Crippen molar-refractivity contribution in [2.75, 3.05) is 7.11 Å².